The fourth-order valence-electron chi connectivity index (χ4n) is 1.40. The Balaban J connectivity index is 2.74. The first-order chi connectivity index (χ1) is 9.06. The summed E-state index contributed by atoms with van der Waals surface area (Å²) >= 11 is 0. The van der Waals surface area contributed by atoms with E-state index in [0.29, 0.717) is 12.2 Å². The van der Waals surface area contributed by atoms with Crippen LogP contribution in [-0.4, -0.2) is 25.7 Å². The molecule has 0 aliphatic carbocycles. The molecule has 1 rings (SSSR count). The normalized spacial score (nSPS) is 9.58. The molecular weight excluding hydrogens is 248 g/mol. The maximum Gasteiger partial charge on any atom is 0.349 e. The predicted octanol–water partition coefficient (Wildman–Crippen LogP) is 1.89. The number of ether oxygens (including phenoxy) is 3. The van der Waals surface area contributed by atoms with Gasteiger partial charge in [0.15, 0.2) is 18.1 Å². The molecule has 1 aromatic rings. The number of esters is 2. The fraction of sp³-hybridized carbons (Fsp3) is 0.286. The lowest BCUT2D eigenvalue weighted by atomic mass is 10.1. The van der Waals surface area contributed by atoms with Gasteiger partial charge in [0, 0.05) is 6.92 Å². The van der Waals surface area contributed by atoms with Crippen molar-refractivity contribution in [1.29, 1.82) is 0 Å². The molecule has 5 nitrogen and oxygen atoms in total. The number of rotatable bonds is 6. The van der Waals surface area contributed by atoms with E-state index >= 15 is 0 Å². The van der Waals surface area contributed by atoms with Gasteiger partial charge in [0.05, 0.1) is 7.11 Å². The SMILES string of the molecule is C=CCc1ccc(OC(=O)COC(C)=O)c(OC)c1. The highest BCUT2D eigenvalue weighted by Gasteiger charge is 2.11. The number of benzene rings is 1. The molecule has 0 bridgehead atoms. The van der Waals surface area contributed by atoms with Gasteiger partial charge in [-0.15, -0.1) is 6.58 Å². The van der Waals surface area contributed by atoms with E-state index in [1.165, 1.54) is 14.0 Å². The lowest BCUT2D eigenvalue weighted by molar-refractivity contribution is -0.152. The third-order valence-electron chi connectivity index (χ3n) is 2.23. The van der Waals surface area contributed by atoms with E-state index in [2.05, 4.69) is 11.3 Å². The minimum absolute atomic E-state index is 0.285. The third kappa shape index (κ3) is 4.83. The van der Waals surface area contributed by atoms with Crippen molar-refractivity contribution >= 4 is 11.9 Å². The lowest BCUT2D eigenvalue weighted by Gasteiger charge is -2.10. The zero-order valence-electron chi connectivity index (χ0n) is 11.0. The van der Waals surface area contributed by atoms with Crippen LogP contribution >= 0.6 is 0 Å². The van der Waals surface area contributed by atoms with Gasteiger partial charge >= 0.3 is 11.9 Å². The average Bonchev–Trinajstić information content (AvgIpc) is 2.38. The summed E-state index contributed by atoms with van der Waals surface area (Å²) in [5, 5.41) is 0. The Morgan fingerprint density at radius 3 is 2.63 bits per heavy atom. The number of carbonyl (C=O) groups is 2. The highest BCUT2D eigenvalue weighted by Crippen LogP contribution is 2.28. The molecule has 0 aromatic heterocycles. The highest BCUT2D eigenvalue weighted by atomic mass is 16.6. The molecule has 0 saturated heterocycles. The second-order valence-corrected chi connectivity index (χ2v) is 3.73. The van der Waals surface area contributed by atoms with Gasteiger partial charge in [0.25, 0.3) is 0 Å². The van der Waals surface area contributed by atoms with E-state index in [1.54, 1.807) is 24.3 Å². The zero-order chi connectivity index (χ0) is 14.3. The molecule has 0 spiro atoms. The third-order valence-corrected chi connectivity index (χ3v) is 2.23. The van der Waals surface area contributed by atoms with Crippen LogP contribution in [0.4, 0.5) is 0 Å². The molecule has 0 N–H and O–H groups in total. The van der Waals surface area contributed by atoms with Crippen LogP contribution in [0.2, 0.25) is 0 Å². The van der Waals surface area contributed by atoms with Crippen molar-refractivity contribution < 1.29 is 23.8 Å². The van der Waals surface area contributed by atoms with Crippen molar-refractivity contribution in [3.63, 3.8) is 0 Å². The quantitative estimate of drug-likeness (QED) is 0.446. The molecule has 5 heteroatoms. The molecule has 0 saturated carbocycles. The summed E-state index contributed by atoms with van der Waals surface area (Å²) in [6.45, 7) is 4.44. The number of hydrogen-bond donors (Lipinski definition) is 0. The molecule has 102 valence electrons. The molecule has 0 aliphatic rings. The minimum atomic E-state index is -0.662. The van der Waals surface area contributed by atoms with Crippen molar-refractivity contribution in [2.75, 3.05) is 13.7 Å². The minimum Gasteiger partial charge on any atom is -0.493 e. The Morgan fingerprint density at radius 1 is 1.32 bits per heavy atom. The molecule has 0 amide bonds. The lowest BCUT2D eigenvalue weighted by Crippen LogP contribution is -2.17. The van der Waals surface area contributed by atoms with Crippen LogP contribution in [0, 0.1) is 0 Å². The molecule has 1 aromatic carbocycles. The number of allylic oxidation sites excluding steroid dienone is 1. The number of carbonyl (C=O) groups excluding carboxylic acids is 2. The Bertz CT molecular complexity index is 479. The van der Waals surface area contributed by atoms with E-state index in [1.807, 2.05) is 0 Å². The van der Waals surface area contributed by atoms with Gasteiger partial charge in [-0.05, 0) is 24.1 Å². The molecule has 0 fully saturated rings. The zero-order valence-corrected chi connectivity index (χ0v) is 11.0. The van der Waals surface area contributed by atoms with Crippen LogP contribution in [0.25, 0.3) is 0 Å². The fourth-order valence-corrected chi connectivity index (χ4v) is 1.40. The number of methoxy groups -OCH3 is 1. The van der Waals surface area contributed by atoms with Gasteiger partial charge in [0.2, 0.25) is 0 Å². The summed E-state index contributed by atoms with van der Waals surface area (Å²) in [5.74, 6) is -0.474. The van der Waals surface area contributed by atoms with Crippen molar-refractivity contribution in [1.82, 2.24) is 0 Å². The molecule has 0 unspecified atom stereocenters. The molecular formula is C14H16O5. The van der Waals surface area contributed by atoms with Crippen LogP contribution < -0.4 is 9.47 Å². The largest absolute Gasteiger partial charge is 0.493 e. The van der Waals surface area contributed by atoms with E-state index in [-0.39, 0.29) is 5.75 Å². The summed E-state index contributed by atoms with van der Waals surface area (Å²) in [7, 11) is 1.48. The summed E-state index contributed by atoms with van der Waals surface area (Å²) < 4.78 is 14.7. The van der Waals surface area contributed by atoms with Gasteiger partial charge in [-0.1, -0.05) is 12.1 Å². The standard InChI is InChI=1S/C14H16O5/c1-4-5-11-6-7-12(13(8-11)17-3)19-14(16)9-18-10(2)15/h4,6-8H,1,5,9H2,2-3H3. The second kappa shape index (κ2) is 7.20. The topological polar surface area (TPSA) is 61.8 Å². The van der Waals surface area contributed by atoms with Crippen LogP contribution in [0.5, 0.6) is 11.5 Å². The summed E-state index contributed by atoms with van der Waals surface area (Å²) in [5.41, 5.74) is 0.992. The van der Waals surface area contributed by atoms with Crippen molar-refractivity contribution in [3.05, 3.63) is 36.4 Å². The molecule has 0 atom stereocenters. The maximum atomic E-state index is 11.4. The first-order valence-electron chi connectivity index (χ1n) is 5.68. The summed E-state index contributed by atoms with van der Waals surface area (Å²) in [4.78, 5) is 22.0. The first kappa shape index (κ1) is 14.8. The predicted molar refractivity (Wildman–Crippen MR) is 69.2 cm³/mol. The van der Waals surface area contributed by atoms with E-state index in [9.17, 15) is 9.59 Å². The van der Waals surface area contributed by atoms with Crippen LogP contribution in [-0.2, 0) is 20.7 Å². The van der Waals surface area contributed by atoms with Crippen molar-refractivity contribution in [2.45, 2.75) is 13.3 Å². The van der Waals surface area contributed by atoms with E-state index < -0.39 is 18.5 Å². The van der Waals surface area contributed by atoms with Gasteiger partial charge in [-0.25, -0.2) is 4.79 Å². The second-order valence-electron chi connectivity index (χ2n) is 3.73. The highest BCUT2D eigenvalue weighted by molar-refractivity contribution is 5.77. The molecule has 0 aliphatic heterocycles. The Kier molecular flexibility index (Phi) is 5.60. The monoisotopic (exact) mass is 264 g/mol. The molecule has 19 heavy (non-hydrogen) atoms. The summed E-state index contributed by atoms with van der Waals surface area (Å²) in [6.07, 6.45) is 2.46. The van der Waals surface area contributed by atoms with E-state index in [0.717, 1.165) is 5.56 Å². The maximum absolute atomic E-state index is 11.4. The Hall–Kier alpha value is -2.30. The van der Waals surface area contributed by atoms with Crippen molar-refractivity contribution in [3.8, 4) is 11.5 Å². The summed E-state index contributed by atoms with van der Waals surface area (Å²) in [6, 6.07) is 5.19. The number of hydrogen-bond acceptors (Lipinski definition) is 5. The van der Waals surface area contributed by atoms with Gasteiger partial charge < -0.3 is 14.2 Å². The van der Waals surface area contributed by atoms with Gasteiger partial charge in [-0.3, -0.25) is 4.79 Å². The van der Waals surface area contributed by atoms with Crippen LogP contribution in [0.15, 0.2) is 30.9 Å². The van der Waals surface area contributed by atoms with Crippen molar-refractivity contribution in [2.24, 2.45) is 0 Å². The molecule has 0 radical (unpaired) electrons. The van der Waals surface area contributed by atoms with Crippen LogP contribution in [0.3, 0.4) is 0 Å². The molecule has 0 heterocycles. The Morgan fingerprint density at radius 2 is 2.05 bits per heavy atom. The average molecular weight is 264 g/mol. The first-order valence-corrected chi connectivity index (χ1v) is 5.68. The van der Waals surface area contributed by atoms with Gasteiger partial charge in [0.1, 0.15) is 0 Å². The smallest absolute Gasteiger partial charge is 0.349 e. The van der Waals surface area contributed by atoms with Gasteiger partial charge in [-0.2, -0.15) is 0 Å². The van der Waals surface area contributed by atoms with E-state index in [4.69, 9.17) is 9.47 Å². The Labute approximate surface area is 111 Å². The van der Waals surface area contributed by atoms with Crippen LogP contribution in [0.1, 0.15) is 12.5 Å².